The van der Waals surface area contributed by atoms with Gasteiger partial charge in [0.1, 0.15) is 6.04 Å². The number of hydrogen-bond donors (Lipinski definition) is 3. The lowest BCUT2D eigenvalue weighted by atomic mass is 10.1. The summed E-state index contributed by atoms with van der Waals surface area (Å²) < 4.78 is 0. The third kappa shape index (κ3) is 4.62. The number of imide groups is 1. The molecule has 1 rings (SSSR count). The Kier molecular flexibility index (Phi) is 5.36. The molecular weight excluding hydrogens is 242 g/mol. The van der Waals surface area contributed by atoms with Crippen LogP contribution >= 0.6 is 0 Å². The molecule has 0 saturated carbocycles. The van der Waals surface area contributed by atoms with E-state index in [0.717, 1.165) is 16.8 Å². The van der Waals surface area contributed by atoms with Crippen LogP contribution in [0.4, 0.5) is 10.5 Å². The predicted octanol–water partition coefficient (Wildman–Crippen LogP) is 1.95. The van der Waals surface area contributed by atoms with Gasteiger partial charge in [0.2, 0.25) is 5.91 Å². The molecule has 19 heavy (non-hydrogen) atoms. The van der Waals surface area contributed by atoms with Crippen LogP contribution in [0.2, 0.25) is 0 Å². The molecule has 104 valence electrons. The number of urea groups is 1. The number of carbonyl (C=O) groups is 2. The largest absolute Gasteiger partial charge is 0.374 e. The SMILES string of the molecule is CCNC(=O)NC(=O)C(C)Nc1cc(C)ccc1C. The second kappa shape index (κ2) is 6.78. The van der Waals surface area contributed by atoms with E-state index < -0.39 is 12.1 Å². The summed E-state index contributed by atoms with van der Waals surface area (Å²) in [6.45, 7) is 7.95. The van der Waals surface area contributed by atoms with Crippen LogP contribution in [0, 0.1) is 13.8 Å². The van der Waals surface area contributed by atoms with Crippen molar-refractivity contribution in [2.75, 3.05) is 11.9 Å². The molecule has 0 spiro atoms. The Hall–Kier alpha value is -2.04. The van der Waals surface area contributed by atoms with Crippen LogP contribution in [0.15, 0.2) is 18.2 Å². The summed E-state index contributed by atoms with van der Waals surface area (Å²) in [5, 5.41) is 7.91. The van der Waals surface area contributed by atoms with Gasteiger partial charge in [-0.2, -0.15) is 0 Å². The van der Waals surface area contributed by atoms with Crippen molar-refractivity contribution in [2.45, 2.75) is 33.7 Å². The van der Waals surface area contributed by atoms with Crippen molar-refractivity contribution >= 4 is 17.6 Å². The van der Waals surface area contributed by atoms with Crippen LogP contribution in [0.3, 0.4) is 0 Å². The molecular formula is C14H21N3O2. The van der Waals surface area contributed by atoms with Gasteiger partial charge in [0, 0.05) is 12.2 Å². The van der Waals surface area contributed by atoms with Crippen molar-refractivity contribution in [3.05, 3.63) is 29.3 Å². The molecule has 0 aliphatic heterocycles. The van der Waals surface area contributed by atoms with E-state index in [1.54, 1.807) is 13.8 Å². The van der Waals surface area contributed by atoms with E-state index >= 15 is 0 Å². The molecule has 0 fully saturated rings. The van der Waals surface area contributed by atoms with Crippen molar-refractivity contribution < 1.29 is 9.59 Å². The fraction of sp³-hybridized carbons (Fsp3) is 0.429. The number of nitrogens with one attached hydrogen (secondary N) is 3. The van der Waals surface area contributed by atoms with Gasteiger partial charge in [-0.1, -0.05) is 12.1 Å². The van der Waals surface area contributed by atoms with Gasteiger partial charge in [0.05, 0.1) is 0 Å². The van der Waals surface area contributed by atoms with Crippen LogP contribution in [0.1, 0.15) is 25.0 Å². The van der Waals surface area contributed by atoms with Crippen LogP contribution in [-0.4, -0.2) is 24.5 Å². The molecule has 1 unspecified atom stereocenters. The van der Waals surface area contributed by atoms with Crippen LogP contribution in [-0.2, 0) is 4.79 Å². The second-order valence-corrected chi connectivity index (χ2v) is 4.53. The summed E-state index contributed by atoms with van der Waals surface area (Å²) in [5.41, 5.74) is 3.08. The summed E-state index contributed by atoms with van der Waals surface area (Å²) in [5.74, 6) is -0.355. The standard InChI is InChI=1S/C14H21N3O2/c1-5-15-14(19)17-13(18)11(4)16-12-8-9(2)6-7-10(12)3/h6-8,11,16H,5H2,1-4H3,(H2,15,17,18,19). The maximum Gasteiger partial charge on any atom is 0.321 e. The minimum absolute atomic E-state index is 0.355. The van der Waals surface area contributed by atoms with Crippen molar-refractivity contribution in [1.82, 2.24) is 10.6 Å². The van der Waals surface area contributed by atoms with Gasteiger partial charge in [0.15, 0.2) is 0 Å². The van der Waals surface area contributed by atoms with Crippen molar-refractivity contribution in [3.63, 3.8) is 0 Å². The molecule has 0 radical (unpaired) electrons. The Bertz CT molecular complexity index is 472. The maximum atomic E-state index is 11.8. The zero-order valence-corrected chi connectivity index (χ0v) is 11.8. The van der Waals surface area contributed by atoms with Gasteiger partial charge in [0.25, 0.3) is 0 Å². The number of hydrogen-bond acceptors (Lipinski definition) is 3. The first-order valence-corrected chi connectivity index (χ1v) is 6.36. The van der Waals surface area contributed by atoms with Gasteiger partial charge >= 0.3 is 6.03 Å². The maximum absolute atomic E-state index is 11.8. The highest BCUT2D eigenvalue weighted by Gasteiger charge is 2.15. The van der Waals surface area contributed by atoms with Gasteiger partial charge < -0.3 is 10.6 Å². The molecule has 0 aliphatic carbocycles. The van der Waals surface area contributed by atoms with E-state index in [-0.39, 0.29) is 5.91 Å². The van der Waals surface area contributed by atoms with E-state index in [1.807, 2.05) is 32.0 Å². The number of benzene rings is 1. The third-order valence-corrected chi connectivity index (χ3v) is 2.73. The van der Waals surface area contributed by atoms with Crippen molar-refractivity contribution in [1.29, 1.82) is 0 Å². The topological polar surface area (TPSA) is 70.2 Å². The number of aryl methyl sites for hydroxylation is 2. The molecule has 5 nitrogen and oxygen atoms in total. The van der Waals surface area contributed by atoms with E-state index in [4.69, 9.17) is 0 Å². The lowest BCUT2D eigenvalue weighted by Gasteiger charge is -2.17. The number of amides is 3. The molecule has 5 heteroatoms. The lowest BCUT2D eigenvalue weighted by molar-refractivity contribution is -0.120. The average Bonchev–Trinajstić information content (AvgIpc) is 2.34. The summed E-state index contributed by atoms with van der Waals surface area (Å²) >= 11 is 0. The van der Waals surface area contributed by atoms with Gasteiger partial charge in [-0.15, -0.1) is 0 Å². The first-order valence-electron chi connectivity index (χ1n) is 6.36. The Balaban J connectivity index is 2.63. The van der Waals surface area contributed by atoms with E-state index in [2.05, 4.69) is 16.0 Å². The Morgan fingerprint density at radius 1 is 1.26 bits per heavy atom. The normalized spacial score (nSPS) is 11.6. The predicted molar refractivity (Wildman–Crippen MR) is 76.2 cm³/mol. The number of rotatable bonds is 4. The molecule has 1 aromatic rings. The highest BCUT2D eigenvalue weighted by atomic mass is 16.2. The van der Waals surface area contributed by atoms with Crippen LogP contribution < -0.4 is 16.0 Å². The smallest absolute Gasteiger partial charge is 0.321 e. The Morgan fingerprint density at radius 2 is 1.95 bits per heavy atom. The van der Waals surface area contributed by atoms with Crippen molar-refractivity contribution in [2.24, 2.45) is 0 Å². The van der Waals surface area contributed by atoms with Gasteiger partial charge in [-0.3, -0.25) is 10.1 Å². The van der Waals surface area contributed by atoms with E-state index in [0.29, 0.717) is 6.54 Å². The zero-order valence-electron chi connectivity index (χ0n) is 11.8. The minimum atomic E-state index is -0.483. The molecule has 0 heterocycles. The highest BCUT2D eigenvalue weighted by molar-refractivity contribution is 5.98. The second-order valence-electron chi connectivity index (χ2n) is 4.53. The average molecular weight is 263 g/mol. The van der Waals surface area contributed by atoms with E-state index in [9.17, 15) is 9.59 Å². The van der Waals surface area contributed by atoms with Gasteiger partial charge in [-0.25, -0.2) is 4.79 Å². The van der Waals surface area contributed by atoms with Crippen molar-refractivity contribution in [3.8, 4) is 0 Å². The Morgan fingerprint density at radius 3 is 2.58 bits per heavy atom. The highest BCUT2D eigenvalue weighted by Crippen LogP contribution is 2.17. The third-order valence-electron chi connectivity index (χ3n) is 2.73. The van der Waals surface area contributed by atoms with Crippen LogP contribution in [0.5, 0.6) is 0 Å². The number of anilines is 1. The first-order chi connectivity index (χ1) is 8.93. The fourth-order valence-electron chi connectivity index (χ4n) is 1.62. The monoisotopic (exact) mass is 263 g/mol. The molecule has 1 atom stereocenters. The molecule has 0 saturated heterocycles. The summed E-state index contributed by atoms with van der Waals surface area (Å²) in [6, 6.07) is 5.03. The lowest BCUT2D eigenvalue weighted by Crippen LogP contribution is -2.45. The van der Waals surface area contributed by atoms with Gasteiger partial charge in [-0.05, 0) is 44.9 Å². The van der Waals surface area contributed by atoms with E-state index in [1.165, 1.54) is 0 Å². The first kappa shape index (κ1) is 15.0. The summed E-state index contributed by atoms with van der Waals surface area (Å²) in [7, 11) is 0. The summed E-state index contributed by atoms with van der Waals surface area (Å²) in [4.78, 5) is 23.1. The minimum Gasteiger partial charge on any atom is -0.374 e. The molecule has 1 aromatic carbocycles. The molecule has 0 aromatic heterocycles. The molecule has 3 amide bonds. The molecule has 0 bridgehead atoms. The van der Waals surface area contributed by atoms with Crippen LogP contribution in [0.25, 0.3) is 0 Å². The fourth-order valence-corrected chi connectivity index (χ4v) is 1.62. The molecule has 0 aliphatic rings. The Labute approximate surface area is 113 Å². The molecule has 3 N–H and O–H groups in total. The number of carbonyl (C=O) groups excluding carboxylic acids is 2. The zero-order chi connectivity index (χ0) is 14.4. The quantitative estimate of drug-likeness (QED) is 0.777. The summed E-state index contributed by atoms with van der Waals surface area (Å²) in [6.07, 6.45) is 0.